The van der Waals surface area contributed by atoms with E-state index in [-0.39, 0.29) is 70.6 Å². The SMILES string of the molecule is O=C(c1ccccc1)c1ccc2cc(OP(=O)(O)O)ccc2c1.[Na+].[Na+]. The van der Waals surface area contributed by atoms with Crippen LogP contribution in [0.25, 0.3) is 10.8 Å². The van der Waals surface area contributed by atoms with Gasteiger partial charge in [-0.3, -0.25) is 14.6 Å². The first-order chi connectivity index (χ1) is 10.9. The zero-order valence-electron chi connectivity index (χ0n) is 13.9. The van der Waals surface area contributed by atoms with Crippen LogP contribution >= 0.6 is 7.82 Å². The van der Waals surface area contributed by atoms with Crippen molar-refractivity contribution in [3.63, 3.8) is 0 Å². The molecule has 5 nitrogen and oxygen atoms in total. The Bertz CT molecular complexity index is 925. The van der Waals surface area contributed by atoms with Crippen molar-refractivity contribution in [2.45, 2.75) is 0 Å². The van der Waals surface area contributed by atoms with Crippen LogP contribution in [0.1, 0.15) is 15.9 Å². The van der Waals surface area contributed by atoms with Crippen LogP contribution in [0.2, 0.25) is 0 Å². The molecule has 3 rings (SSSR count). The van der Waals surface area contributed by atoms with Gasteiger partial charge in [0.2, 0.25) is 0 Å². The van der Waals surface area contributed by atoms with Crippen LogP contribution < -0.4 is 63.6 Å². The fraction of sp³-hybridized carbons (Fsp3) is 0. The van der Waals surface area contributed by atoms with Crippen LogP contribution in [0.3, 0.4) is 0 Å². The van der Waals surface area contributed by atoms with Crippen molar-refractivity contribution in [3.8, 4) is 5.75 Å². The van der Waals surface area contributed by atoms with Gasteiger partial charge in [0.15, 0.2) is 5.78 Å². The molecule has 0 fully saturated rings. The minimum absolute atomic E-state index is 0. The number of fused-ring (bicyclic) bond motifs is 1. The van der Waals surface area contributed by atoms with E-state index in [1.165, 1.54) is 12.1 Å². The molecule has 0 aromatic heterocycles. The van der Waals surface area contributed by atoms with Gasteiger partial charge >= 0.3 is 66.9 Å². The van der Waals surface area contributed by atoms with Gasteiger partial charge in [-0.1, -0.05) is 48.5 Å². The molecular formula is C17H13Na2O5P+2. The Morgan fingerprint density at radius 3 is 2.04 bits per heavy atom. The average Bonchev–Trinajstić information content (AvgIpc) is 2.53. The Labute approximate surface area is 189 Å². The van der Waals surface area contributed by atoms with Crippen LogP contribution in [0.15, 0.2) is 66.7 Å². The molecule has 0 radical (unpaired) electrons. The first-order valence-electron chi connectivity index (χ1n) is 6.81. The Balaban J connectivity index is 0.00000156. The molecule has 0 spiro atoms. The number of rotatable bonds is 4. The summed E-state index contributed by atoms with van der Waals surface area (Å²) in [7, 11) is -4.58. The molecular weight excluding hydrogens is 361 g/mol. The smallest absolute Gasteiger partial charge is 0.404 e. The second-order valence-corrected chi connectivity index (χ2v) is 6.16. The van der Waals surface area contributed by atoms with E-state index in [0.29, 0.717) is 11.1 Å². The second-order valence-electron chi connectivity index (χ2n) is 5.00. The molecule has 0 aliphatic heterocycles. The van der Waals surface area contributed by atoms with Gasteiger partial charge < -0.3 is 4.52 Å². The zero-order chi connectivity index (χ0) is 16.4. The third-order valence-electron chi connectivity index (χ3n) is 3.33. The number of benzene rings is 3. The summed E-state index contributed by atoms with van der Waals surface area (Å²) in [5.41, 5.74) is 1.15. The summed E-state index contributed by atoms with van der Waals surface area (Å²) in [4.78, 5) is 30.1. The van der Waals surface area contributed by atoms with Gasteiger partial charge in [0.05, 0.1) is 0 Å². The summed E-state index contributed by atoms with van der Waals surface area (Å²) >= 11 is 0. The molecule has 0 unspecified atom stereocenters. The molecule has 25 heavy (non-hydrogen) atoms. The number of hydrogen-bond donors (Lipinski definition) is 2. The van der Waals surface area contributed by atoms with Crippen molar-refractivity contribution in [2.24, 2.45) is 0 Å². The summed E-state index contributed by atoms with van der Waals surface area (Å²) in [5.74, 6) is -0.00369. The maximum absolute atomic E-state index is 12.4. The summed E-state index contributed by atoms with van der Waals surface area (Å²) in [5, 5.41) is 1.51. The van der Waals surface area contributed by atoms with Crippen LogP contribution in [0.4, 0.5) is 0 Å². The standard InChI is InChI=1S/C17H13O5P.2Na/c18-17(12-4-2-1-3-5-12)15-7-6-14-11-16(22-23(19,20)21)9-8-13(14)10-15;;/h1-11H,(H2,19,20,21);;/q;2*+1. The molecule has 0 bridgehead atoms. The van der Waals surface area contributed by atoms with E-state index in [4.69, 9.17) is 9.79 Å². The minimum atomic E-state index is -4.58. The summed E-state index contributed by atoms with van der Waals surface area (Å²) in [6, 6.07) is 18.7. The van der Waals surface area contributed by atoms with E-state index in [1.54, 1.807) is 48.5 Å². The molecule has 0 saturated heterocycles. The molecule has 0 aliphatic carbocycles. The molecule has 3 aromatic rings. The van der Waals surface area contributed by atoms with Gasteiger partial charge in [-0.05, 0) is 29.0 Å². The summed E-state index contributed by atoms with van der Waals surface area (Å²) in [6.07, 6.45) is 0. The predicted molar refractivity (Wildman–Crippen MR) is 86.5 cm³/mol. The first-order valence-corrected chi connectivity index (χ1v) is 8.34. The van der Waals surface area contributed by atoms with Gasteiger partial charge in [0.1, 0.15) is 5.75 Å². The van der Waals surface area contributed by atoms with Crippen molar-refractivity contribution >= 4 is 24.4 Å². The van der Waals surface area contributed by atoms with Crippen LogP contribution in [-0.2, 0) is 4.57 Å². The monoisotopic (exact) mass is 374 g/mol. The van der Waals surface area contributed by atoms with Crippen LogP contribution in [-0.4, -0.2) is 15.6 Å². The largest absolute Gasteiger partial charge is 1.00 e. The topological polar surface area (TPSA) is 83.8 Å². The molecule has 0 aliphatic rings. The normalized spacial score (nSPS) is 10.5. The van der Waals surface area contributed by atoms with Crippen LogP contribution in [0.5, 0.6) is 5.75 Å². The molecule has 0 amide bonds. The third kappa shape index (κ3) is 6.04. The van der Waals surface area contributed by atoms with E-state index >= 15 is 0 Å². The first kappa shape index (κ1) is 22.6. The molecule has 8 heteroatoms. The Morgan fingerprint density at radius 2 is 1.40 bits per heavy atom. The maximum atomic E-state index is 12.4. The molecule has 116 valence electrons. The number of hydrogen-bond acceptors (Lipinski definition) is 3. The maximum Gasteiger partial charge on any atom is 1.00 e. The molecule has 0 atom stereocenters. The molecule has 0 heterocycles. The number of phosphoric ester groups is 1. The Morgan fingerprint density at radius 1 is 0.800 bits per heavy atom. The van der Waals surface area contributed by atoms with Crippen molar-refractivity contribution in [1.29, 1.82) is 0 Å². The van der Waals surface area contributed by atoms with E-state index in [1.807, 2.05) is 6.07 Å². The van der Waals surface area contributed by atoms with E-state index in [2.05, 4.69) is 4.52 Å². The quantitative estimate of drug-likeness (QED) is 0.301. The van der Waals surface area contributed by atoms with Gasteiger partial charge in [0, 0.05) is 11.1 Å². The van der Waals surface area contributed by atoms with Gasteiger partial charge in [-0.15, -0.1) is 0 Å². The van der Waals surface area contributed by atoms with Crippen molar-refractivity contribution in [2.75, 3.05) is 0 Å². The molecule has 2 N–H and O–H groups in total. The number of ketones is 1. The van der Waals surface area contributed by atoms with E-state index in [0.717, 1.165) is 10.8 Å². The number of carbonyl (C=O) groups is 1. The summed E-state index contributed by atoms with van der Waals surface area (Å²) < 4.78 is 15.4. The Kier molecular flexibility index (Phi) is 8.55. The number of carbonyl (C=O) groups excluding carboxylic acids is 1. The second kappa shape index (κ2) is 9.47. The van der Waals surface area contributed by atoms with E-state index in [9.17, 15) is 9.36 Å². The molecule has 3 aromatic carbocycles. The minimum Gasteiger partial charge on any atom is -0.404 e. The van der Waals surface area contributed by atoms with Gasteiger partial charge in [-0.25, -0.2) is 4.57 Å². The van der Waals surface area contributed by atoms with Crippen molar-refractivity contribution in [3.05, 3.63) is 77.9 Å². The van der Waals surface area contributed by atoms with Crippen molar-refractivity contribution < 1.29 is 82.8 Å². The van der Waals surface area contributed by atoms with Crippen LogP contribution in [0, 0.1) is 0 Å². The summed E-state index contributed by atoms with van der Waals surface area (Å²) in [6.45, 7) is 0. The third-order valence-corrected chi connectivity index (χ3v) is 3.78. The van der Waals surface area contributed by atoms with Gasteiger partial charge in [0.25, 0.3) is 0 Å². The fourth-order valence-electron chi connectivity index (χ4n) is 2.32. The predicted octanol–water partition coefficient (Wildman–Crippen LogP) is -2.45. The zero-order valence-corrected chi connectivity index (χ0v) is 18.8. The van der Waals surface area contributed by atoms with E-state index < -0.39 is 7.82 Å². The Hall–Kier alpha value is -0.460. The van der Waals surface area contributed by atoms with Gasteiger partial charge in [-0.2, -0.15) is 0 Å². The fourth-order valence-corrected chi connectivity index (χ4v) is 2.70. The average molecular weight is 374 g/mol. The molecule has 0 saturated carbocycles. The van der Waals surface area contributed by atoms with Crippen molar-refractivity contribution in [1.82, 2.24) is 0 Å². The number of phosphoric acid groups is 1.